The second kappa shape index (κ2) is 6.62. The van der Waals surface area contributed by atoms with Gasteiger partial charge in [0.25, 0.3) is 0 Å². The van der Waals surface area contributed by atoms with E-state index in [9.17, 15) is 13.2 Å². The molecule has 1 unspecified atom stereocenters. The van der Waals surface area contributed by atoms with Gasteiger partial charge in [-0.15, -0.1) is 0 Å². The van der Waals surface area contributed by atoms with E-state index >= 15 is 0 Å². The Morgan fingerprint density at radius 3 is 2.65 bits per heavy atom. The van der Waals surface area contributed by atoms with Gasteiger partial charge in [-0.2, -0.15) is 0 Å². The summed E-state index contributed by atoms with van der Waals surface area (Å²) in [6, 6.07) is 5.17. The minimum Gasteiger partial charge on any atom is -0.280 e. The lowest BCUT2D eigenvalue weighted by atomic mass is 10.1. The summed E-state index contributed by atoms with van der Waals surface area (Å²) in [5, 5.41) is 1.87. The average molecular weight is 357 g/mol. The highest BCUT2D eigenvalue weighted by atomic mass is 19.2. The van der Waals surface area contributed by atoms with E-state index in [0.29, 0.717) is 18.4 Å². The zero-order valence-corrected chi connectivity index (χ0v) is 13.5. The second-order valence-electron chi connectivity index (χ2n) is 5.87. The van der Waals surface area contributed by atoms with Crippen molar-refractivity contribution in [2.24, 2.45) is 9.98 Å². The van der Waals surface area contributed by atoms with E-state index in [4.69, 9.17) is 0 Å². The summed E-state index contributed by atoms with van der Waals surface area (Å²) in [6.07, 6.45) is 6.95. The first-order valence-electron chi connectivity index (χ1n) is 7.98. The maximum Gasteiger partial charge on any atom is 0.161 e. The topological polar surface area (TPSA) is 52.9 Å². The van der Waals surface area contributed by atoms with Gasteiger partial charge in [-0.25, -0.2) is 13.2 Å². The summed E-state index contributed by atoms with van der Waals surface area (Å²) in [5.41, 5.74) is 4.17. The molecule has 0 saturated heterocycles. The standard InChI is InChI=1S/C18H14F3N5/c19-13-8-15(21)14(20)7-12(13)9-23-17-1-2-18-24-10-16(26(18)25-17)11-3-5-22-6-4-11/h1-8,16H,9-10H2,(H,23,25). The molecule has 0 aliphatic carbocycles. The third-order valence-electron chi connectivity index (χ3n) is 4.21. The highest BCUT2D eigenvalue weighted by molar-refractivity contribution is 6.06. The number of nitrogens with zero attached hydrogens (tertiary/aromatic N) is 4. The van der Waals surface area contributed by atoms with Crippen LogP contribution in [0.15, 0.2) is 58.8 Å². The predicted molar refractivity (Wildman–Crippen MR) is 90.8 cm³/mol. The van der Waals surface area contributed by atoms with Gasteiger partial charge >= 0.3 is 0 Å². The molecule has 0 saturated carbocycles. The maximum absolute atomic E-state index is 13.7. The van der Waals surface area contributed by atoms with Crippen LogP contribution < -0.4 is 5.43 Å². The molecule has 0 bridgehead atoms. The first kappa shape index (κ1) is 16.3. The second-order valence-corrected chi connectivity index (χ2v) is 5.87. The Kier molecular flexibility index (Phi) is 4.16. The molecular formula is C18H14F3N5. The van der Waals surface area contributed by atoms with Crippen LogP contribution in [-0.2, 0) is 6.54 Å². The van der Waals surface area contributed by atoms with Crippen LogP contribution in [0.3, 0.4) is 0 Å². The minimum atomic E-state index is -1.22. The van der Waals surface area contributed by atoms with E-state index in [1.54, 1.807) is 24.5 Å². The number of aromatic nitrogens is 1. The fraction of sp³-hybridized carbons (Fsp3) is 0.167. The first-order valence-corrected chi connectivity index (χ1v) is 7.98. The molecule has 3 heterocycles. The van der Waals surface area contributed by atoms with Crippen molar-refractivity contribution in [1.29, 1.82) is 0 Å². The molecule has 8 heteroatoms. The van der Waals surface area contributed by atoms with Gasteiger partial charge in [0, 0.05) is 24.0 Å². The molecule has 0 spiro atoms. The van der Waals surface area contributed by atoms with Crippen LogP contribution in [-0.4, -0.2) is 28.2 Å². The number of fused-ring (bicyclic) bond motifs is 1. The molecule has 1 N–H and O–H groups in total. The van der Waals surface area contributed by atoms with Gasteiger partial charge in [0.1, 0.15) is 17.5 Å². The number of halogens is 3. The number of rotatable bonds is 3. The normalized spacial score (nSPS) is 20.1. The summed E-state index contributed by atoms with van der Waals surface area (Å²) in [7, 11) is 0. The van der Waals surface area contributed by atoms with Gasteiger partial charge < -0.3 is 0 Å². The fourth-order valence-electron chi connectivity index (χ4n) is 2.86. The zero-order chi connectivity index (χ0) is 18.1. The lowest BCUT2D eigenvalue weighted by molar-refractivity contribution is 0.310. The largest absolute Gasteiger partial charge is 0.280 e. The van der Waals surface area contributed by atoms with E-state index in [1.165, 1.54) is 0 Å². The van der Waals surface area contributed by atoms with Gasteiger partial charge in [0.05, 0.1) is 19.1 Å². The maximum atomic E-state index is 13.7. The lowest BCUT2D eigenvalue weighted by Crippen LogP contribution is -2.47. The molecule has 2 aliphatic heterocycles. The van der Waals surface area contributed by atoms with Crippen molar-refractivity contribution >= 4 is 11.7 Å². The summed E-state index contributed by atoms with van der Waals surface area (Å²) >= 11 is 0. The Balaban J connectivity index is 1.53. The van der Waals surface area contributed by atoms with Gasteiger partial charge in [-0.3, -0.25) is 25.4 Å². The van der Waals surface area contributed by atoms with Crippen LogP contribution in [0.5, 0.6) is 0 Å². The number of amidine groups is 2. The molecular weight excluding hydrogens is 343 g/mol. The van der Waals surface area contributed by atoms with Gasteiger partial charge in [0.15, 0.2) is 11.6 Å². The van der Waals surface area contributed by atoms with E-state index in [1.807, 2.05) is 17.1 Å². The SMILES string of the molecule is Fc1cc(F)c(CN=C2C=CC3=NCC(c4ccncc4)N3N2)cc1F. The molecule has 1 atom stereocenters. The van der Waals surface area contributed by atoms with Crippen LogP contribution in [0.2, 0.25) is 0 Å². The van der Waals surface area contributed by atoms with Gasteiger partial charge in [-0.05, 0) is 35.9 Å². The molecule has 2 aliphatic rings. The highest BCUT2D eigenvalue weighted by Gasteiger charge is 2.30. The molecule has 0 fully saturated rings. The summed E-state index contributed by atoms with van der Waals surface area (Å²) < 4.78 is 40.0. The Morgan fingerprint density at radius 2 is 1.85 bits per heavy atom. The van der Waals surface area contributed by atoms with Gasteiger partial charge in [-0.1, -0.05) is 0 Å². The molecule has 0 radical (unpaired) electrons. The smallest absolute Gasteiger partial charge is 0.161 e. The average Bonchev–Trinajstić information content (AvgIpc) is 3.07. The first-order chi connectivity index (χ1) is 12.6. The van der Waals surface area contributed by atoms with Crippen molar-refractivity contribution in [3.05, 3.63) is 77.4 Å². The van der Waals surface area contributed by atoms with Crippen molar-refractivity contribution in [3.63, 3.8) is 0 Å². The Morgan fingerprint density at radius 1 is 1.08 bits per heavy atom. The highest BCUT2D eigenvalue weighted by Crippen LogP contribution is 2.26. The Hall–Kier alpha value is -3.16. The zero-order valence-electron chi connectivity index (χ0n) is 13.5. The third kappa shape index (κ3) is 3.05. The molecule has 0 amide bonds. The summed E-state index contributed by atoms with van der Waals surface area (Å²) in [6.45, 7) is 0.470. The Bertz CT molecular complexity index is 924. The van der Waals surface area contributed by atoms with Crippen LogP contribution in [0.4, 0.5) is 13.2 Å². The van der Waals surface area contributed by atoms with E-state index in [2.05, 4.69) is 20.4 Å². The predicted octanol–water partition coefficient (Wildman–Crippen LogP) is 2.93. The molecule has 1 aromatic carbocycles. The molecule has 2 aromatic rings. The van der Waals surface area contributed by atoms with E-state index in [0.717, 1.165) is 17.5 Å². The van der Waals surface area contributed by atoms with Crippen LogP contribution >= 0.6 is 0 Å². The number of nitrogens with one attached hydrogen (secondary N) is 1. The number of benzene rings is 1. The van der Waals surface area contributed by atoms with Crippen molar-refractivity contribution in [1.82, 2.24) is 15.4 Å². The van der Waals surface area contributed by atoms with Gasteiger partial charge in [0.2, 0.25) is 0 Å². The molecule has 4 rings (SSSR count). The van der Waals surface area contributed by atoms with Crippen molar-refractivity contribution < 1.29 is 13.2 Å². The number of hydrazine groups is 1. The van der Waals surface area contributed by atoms with Crippen LogP contribution in [0.1, 0.15) is 17.2 Å². The van der Waals surface area contributed by atoms with Crippen LogP contribution in [0.25, 0.3) is 0 Å². The lowest BCUT2D eigenvalue weighted by Gasteiger charge is -2.30. The number of aliphatic imine (C=N–C) groups is 2. The minimum absolute atomic E-state index is 0.0110. The molecule has 1 aromatic heterocycles. The summed E-state index contributed by atoms with van der Waals surface area (Å²) in [4.78, 5) is 12.7. The van der Waals surface area contributed by atoms with Crippen molar-refractivity contribution in [3.8, 4) is 0 Å². The number of hydrogen-bond acceptors (Lipinski definition) is 4. The number of hydrogen-bond donors (Lipinski definition) is 1. The third-order valence-corrected chi connectivity index (χ3v) is 4.21. The summed E-state index contributed by atoms with van der Waals surface area (Å²) in [5.74, 6) is -1.89. The fourth-order valence-corrected chi connectivity index (χ4v) is 2.86. The number of pyridine rings is 1. The quantitative estimate of drug-likeness (QED) is 0.860. The Labute approximate surface area is 147 Å². The molecule has 132 valence electrons. The monoisotopic (exact) mass is 357 g/mol. The van der Waals surface area contributed by atoms with E-state index in [-0.39, 0.29) is 18.2 Å². The van der Waals surface area contributed by atoms with Crippen molar-refractivity contribution in [2.75, 3.05) is 6.54 Å². The van der Waals surface area contributed by atoms with Crippen LogP contribution in [0, 0.1) is 17.5 Å². The van der Waals surface area contributed by atoms with Crippen molar-refractivity contribution in [2.45, 2.75) is 12.6 Å². The molecule has 26 heavy (non-hydrogen) atoms. The molecule has 5 nitrogen and oxygen atoms in total. The van der Waals surface area contributed by atoms with E-state index < -0.39 is 17.5 Å².